The molecule has 0 aliphatic heterocycles. The van der Waals surface area contributed by atoms with E-state index in [9.17, 15) is 10.1 Å². The number of anilines is 2. The maximum Gasteiger partial charge on any atom is 0.354 e. The van der Waals surface area contributed by atoms with Crippen LogP contribution in [0.1, 0.15) is 5.76 Å². The average molecular weight is 287 g/mol. The lowest BCUT2D eigenvalue weighted by molar-refractivity contribution is -0.384. The Bertz CT molecular complexity index is 781. The molecule has 3 aromatic rings. The molecule has 0 fully saturated rings. The van der Waals surface area contributed by atoms with Crippen LogP contribution >= 0.6 is 0 Å². The van der Waals surface area contributed by atoms with Gasteiger partial charge in [-0.25, -0.2) is 15.0 Å². The minimum Gasteiger partial charge on any atom is -0.360 e. The van der Waals surface area contributed by atoms with Gasteiger partial charge in [-0.1, -0.05) is 5.16 Å². The van der Waals surface area contributed by atoms with E-state index >= 15 is 0 Å². The van der Waals surface area contributed by atoms with Gasteiger partial charge in [0.2, 0.25) is 11.6 Å². The summed E-state index contributed by atoms with van der Waals surface area (Å²) in [4.78, 5) is 22.5. The summed E-state index contributed by atoms with van der Waals surface area (Å²) in [7, 11) is 0. The van der Waals surface area contributed by atoms with E-state index in [1.165, 1.54) is 23.4 Å². The Hall–Kier alpha value is -3.30. The first-order valence-electron chi connectivity index (χ1n) is 5.83. The Morgan fingerprint density at radius 1 is 1.43 bits per heavy atom. The molecule has 1 N–H and O–H groups in total. The summed E-state index contributed by atoms with van der Waals surface area (Å²) in [6.45, 7) is 1.71. The van der Waals surface area contributed by atoms with Crippen LogP contribution in [-0.4, -0.2) is 29.6 Å². The molecular formula is C11H9N7O3. The van der Waals surface area contributed by atoms with Crippen molar-refractivity contribution in [3.8, 4) is 5.82 Å². The molecule has 3 rings (SSSR count). The van der Waals surface area contributed by atoms with Gasteiger partial charge in [0.05, 0.1) is 4.92 Å². The van der Waals surface area contributed by atoms with Gasteiger partial charge in [0.15, 0.2) is 5.82 Å². The molecule has 10 heteroatoms. The molecule has 0 radical (unpaired) electrons. The van der Waals surface area contributed by atoms with Crippen molar-refractivity contribution in [2.45, 2.75) is 6.92 Å². The summed E-state index contributed by atoms with van der Waals surface area (Å²) < 4.78 is 6.33. The van der Waals surface area contributed by atoms with E-state index < -0.39 is 4.92 Å². The normalized spacial score (nSPS) is 10.5. The lowest BCUT2D eigenvalue weighted by Crippen LogP contribution is -2.06. The highest BCUT2D eigenvalue weighted by molar-refractivity contribution is 5.68. The number of imidazole rings is 1. The zero-order chi connectivity index (χ0) is 14.8. The summed E-state index contributed by atoms with van der Waals surface area (Å²) in [5.41, 5.74) is -0.281. The van der Waals surface area contributed by atoms with Crippen molar-refractivity contribution in [2.24, 2.45) is 0 Å². The molecule has 0 atom stereocenters. The first-order chi connectivity index (χ1) is 10.1. The zero-order valence-electron chi connectivity index (χ0n) is 10.8. The van der Waals surface area contributed by atoms with Gasteiger partial charge >= 0.3 is 5.69 Å². The molecule has 21 heavy (non-hydrogen) atoms. The van der Waals surface area contributed by atoms with Crippen molar-refractivity contribution >= 4 is 17.3 Å². The van der Waals surface area contributed by atoms with E-state index in [0.29, 0.717) is 11.6 Å². The molecule has 0 spiro atoms. The summed E-state index contributed by atoms with van der Waals surface area (Å²) in [6, 6.07) is 1.60. The van der Waals surface area contributed by atoms with Crippen molar-refractivity contribution in [3.05, 3.63) is 47.0 Å². The summed E-state index contributed by atoms with van der Waals surface area (Å²) in [5.74, 6) is 1.03. The third-order valence-electron chi connectivity index (χ3n) is 2.61. The maximum atomic E-state index is 11.3. The van der Waals surface area contributed by atoms with Crippen LogP contribution in [0, 0.1) is 17.0 Å². The Morgan fingerprint density at radius 2 is 2.29 bits per heavy atom. The fraction of sp³-hybridized carbons (Fsp3) is 0.0909. The molecule has 106 valence electrons. The number of nitrogens with one attached hydrogen (secondary N) is 1. The highest BCUT2D eigenvalue weighted by atomic mass is 16.6. The van der Waals surface area contributed by atoms with Crippen molar-refractivity contribution in [2.75, 3.05) is 5.32 Å². The summed E-state index contributed by atoms with van der Waals surface area (Å²) in [5, 5.41) is 17.8. The van der Waals surface area contributed by atoms with E-state index in [0.717, 1.165) is 0 Å². The Morgan fingerprint density at radius 3 is 2.90 bits per heavy atom. The molecule has 0 aliphatic carbocycles. The Labute approximate surface area is 117 Å². The van der Waals surface area contributed by atoms with Crippen molar-refractivity contribution in [1.29, 1.82) is 0 Å². The topological polar surface area (TPSA) is 125 Å². The van der Waals surface area contributed by atoms with Gasteiger partial charge in [-0.05, 0) is 6.92 Å². The molecule has 0 unspecified atom stereocenters. The second-order valence-corrected chi connectivity index (χ2v) is 4.07. The average Bonchev–Trinajstić information content (AvgIpc) is 3.10. The van der Waals surface area contributed by atoms with Gasteiger partial charge in [-0.3, -0.25) is 14.7 Å². The molecule has 10 nitrogen and oxygen atoms in total. The number of aryl methyl sites for hydroxylation is 1. The van der Waals surface area contributed by atoms with E-state index in [1.807, 2.05) is 0 Å². The number of hydrogen-bond donors (Lipinski definition) is 1. The molecule has 0 aromatic carbocycles. The van der Waals surface area contributed by atoms with E-state index in [2.05, 4.69) is 25.4 Å². The van der Waals surface area contributed by atoms with E-state index in [4.69, 9.17) is 4.52 Å². The van der Waals surface area contributed by atoms with Crippen LogP contribution in [0.3, 0.4) is 0 Å². The molecule has 0 aliphatic rings. The Kier molecular flexibility index (Phi) is 3.03. The molecular weight excluding hydrogens is 278 g/mol. The lowest BCUT2D eigenvalue weighted by atomic mass is 10.4. The molecule has 3 aromatic heterocycles. The predicted molar refractivity (Wildman–Crippen MR) is 70.3 cm³/mol. The molecule has 0 saturated carbocycles. The highest BCUT2D eigenvalue weighted by Crippen LogP contribution is 2.29. The van der Waals surface area contributed by atoms with Gasteiger partial charge in [0, 0.05) is 18.5 Å². The quantitative estimate of drug-likeness (QED) is 0.566. The predicted octanol–water partition coefficient (Wildman–Crippen LogP) is 1.61. The molecule has 3 heterocycles. The van der Waals surface area contributed by atoms with Crippen molar-refractivity contribution in [1.82, 2.24) is 24.7 Å². The largest absolute Gasteiger partial charge is 0.360 e. The van der Waals surface area contributed by atoms with Crippen molar-refractivity contribution < 1.29 is 9.45 Å². The SMILES string of the molecule is Cc1cc(Nc2ncnc(-n3ccnc3)c2[N+](=O)[O-])no1. The second-order valence-electron chi connectivity index (χ2n) is 4.07. The highest BCUT2D eigenvalue weighted by Gasteiger charge is 2.24. The van der Waals surface area contributed by atoms with Gasteiger partial charge < -0.3 is 9.84 Å². The van der Waals surface area contributed by atoms with Crippen LogP contribution in [0.4, 0.5) is 17.3 Å². The lowest BCUT2D eigenvalue weighted by Gasteiger charge is -2.06. The number of nitrogens with zero attached hydrogens (tertiary/aromatic N) is 6. The van der Waals surface area contributed by atoms with Gasteiger partial charge in [-0.15, -0.1) is 0 Å². The zero-order valence-corrected chi connectivity index (χ0v) is 10.8. The van der Waals surface area contributed by atoms with E-state index in [1.54, 1.807) is 19.2 Å². The Balaban J connectivity index is 2.08. The standard InChI is InChI=1S/C11H9N7O3/c1-7-4-8(16-21-7)15-10-9(18(19)20)11(14-5-13-10)17-3-2-12-6-17/h2-6H,1H3,(H,13,14,15,16). The summed E-state index contributed by atoms with van der Waals surface area (Å²) in [6.07, 6.45) is 5.69. The second kappa shape index (κ2) is 5.00. The molecule has 0 amide bonds. The molecule has 0 bridgehead atoms. The number of rotatable bonds is 4. The minimum absolute atomic E-state index is 0.0204. The number of hydrogen-bond acceptors (Lipinski definition) is 8. The van der Waals surface area contributed by atoms with Crippen LogP contribution in [-0.2, 0) is 0 Å². The van der Waals surface area contributed by atoms with Gasteiger partial charge in [-0.2, -0.15) is 0 Å². The van der Waals surface area contributed by atoms with Crippen LogP contribution in [0.2, 0.25) is 0 Å². The van der Waals surface area contributed by atoms with Crippen LogP contribution < -0.4 is 5.32 Å². The fourth-order valence-corrected chi connectivity index (χ4v) is 1.75. The maximum absolute atomic E-state index is 11.3. The van der Waals surface area contributed by atoms with Gasteiger partial charge in [0.25, 0.3) is 0 Å². The monoisotopic (exact) mass is 287 g/mol. The van der Waals surface area contributed by atoms with Crippen LogP contribution in [0.25, 0.3) is 5.82 Å². The third-order valence-corrected chi connectivity index (χ3v) is 2.61. The van der Waals surface area contributed by atoms with Crippen LogP contribution in [0.5, 0.6) is 0 Å². The van der Waals surface area contributed by atoms with Gasteiger partial charge in [0.1, 0.15) is 18.4 Å². The third kappa shape index (κ3) is 2.41. The van der Waals surface area contributed by atoms with E-state index in [-0.39, 0.29) is 17.3 Å². The minimum atomic E-state index is -0.565. The van der Waals surface area contributed by atoms with Crippen LogP contribution in [0.15, 0.2) is 35.6 Å². The molecule has 0 saturated heterocycles. The number of nitro groups is 1. The van der Waals surface area contributed by atoms with Crippen molar-refractivity contribution in [3.63, 3.8) is 0 Å². The summed E-state index contributed by atoms with van der Waals surface area (Å²) >= 11 is 0. The first-order valence-corrected chi connectivity index (χ1v) is 5.83. The number of aromatic nitrogens is 5. The fourth-order valence-electron chi connectivity index (χ4n) is 1.75. The first kappa shape index (κ1) is 12.7. The smallest absolute Gasteiger partial charge is 0.354 e.